The molecule has 0 saturated carbocycles. The van der Waals surface area contributed by atoms with Gasteiger partial charge < -0.3 is 14.5 Å². The summed E-state index contributed by atoms with van der Waals surface area (Å²) in [7, 11) is 4.24. The van der Waals surface area contributed by atoms with Crippen LogP contribution in [0.5, 0.6) is 5.75 Å². The molecule has 3 heteroatoms. The SMILES string of the molecule is CCN(CC)CCOc1ccccc1CCCN(C)C. The third-order valence-corrected chi connectivity index (χ3v) is 3.58. The molecule has 0 aliphatic heterocycles. The average molecular weight is 278 g/mol. The van der Waals surface area contributed by atoms with E-state index >= 15 is 0 Å². The van der Waals surface area contributed by atoms with Crippen LogP contribution >= 0.6 is 0 Å². The molecule has 0 aromatic heterocycles. The van der Waals surface area contributed by atoms with Gasteiger partial charge in [-0.25, -0.2) is 0 Å². The van der Waals surface area contributed by atoms with Gasteiger partial charge in [-0.15, -0.1) is 0 Å². The molecule has 0 amide bonds. The maximum Gasteiger partial charge on any atom is 0.122 e. The summed E-state index contributed by atoms with van der Waals surface area (Å²) in [4.78, 5) is 4.61. The summed E-state index contributed by atoms with van der Waals surface area (Å²) >= 11 is 0. The van der Waals surface area contributed by atoms with Gasteiger partial charge in [0.15, 0.2) is 0 Å². The van der Waals surface area contributed by atoms with Crippen molar-refractivity contribution in [3.63, 3.8) is 0 Å². The van der Waals surface area contributed by atoms with Gasteiger partial charge in [-0.2, -0.15) is 0 Å². The Bertz CT molecular complexity index is 362. The Labute approximate surface area is 124 Å². The Balaban J connectivity index is 2.44. The van der Waals surface area contributed by atoms with Crippen LogP contribution in [0.4, 0.5) is 0 Å². The number of hydrogen-bond acceptors (Lipinski definition) is 3. The second kappa shape index (κ2) is 9.78. The molecule has 0 heterocycles. The van der Waals surface area contributed by atoms with Crippen LogP contribution in [0.3, 0.4) is 0 Å². The van der Waals surface area contributed by atoms with E-state index in [2.05, 4.69) is 62.0 Å². The molecular weight excluding hydrogens is 248 g/mol. The smallest absolute Gasteiger partial charge is 0.122 e. The zero-order valence-corrected chi connectivity index (χ0v) is 13.6. The van der Waals surface area contributed by atoms with Crippen molar-refractivity contribution in [3.05, 3.63) is 29.8 Å². The summed E-state index contributed by atoms with van der Waals surface area (Å²) in [5.41, 5.74) is 1.33. The molecule has 0 aliphatic rings. The number of likely N-dealkylation sites (N-methyl/N-ethyl adjacent to an activating group) is 1. The van der Waals surface area contributed by atoms with Crippen LogP contribution in [-0.2, 0) is 6.42 Å². The van der Waals surface area contributed by atoms with Crippen molar-refractivity contribution in [2.24, 2.45) is 0 Å². The molecular formula is C17H30N2O. The van der Waals surface area contributed by atoms with Gasteiger partial charge in [0.1, 0.15) is 12.4 Å². The number of para-hydroxylation sites is 1. The molecule has 0 fully saturated rings. The highest BCUT2D eigenvalue weighted by atomic mass is 16.5. The number of hydrogen-bond donors (Lipinski definition) is 0. The molecule has 0 bridgehead atoms. The van der Waals surface area contributed by atoms with E-state index < -0.39 is 0 Å². The van der Waals surface area contributed by atoms with Crippen LogP contribution in [-0.4, -0.2) is 56.7 Å². The number of rotatable bonds is 10. The zero-order chi connectivity index (χ0) is 14.8. The molecule has 0 unspecified atom stereocenters. The van der Waals surface area contributed by atoms with Crippen molar-refractivity contribution in [2.45, 2.75) is 26.7 Å². The first-order valence-electron chi connectivity index (χ1n) is 7.75. The predicted octanol–water partition coefficient (Wildman–Crippen LogP) is 2.90. The lowest BCUT2D eigenvalue weighted by molar-refractivity contribution is 0.221. The Hall–Kier alpha value is -1.06. The van der Waals surface area contributed by atoms with Gasteiger partial charge in [-0.3, -0.25) is 0 Å². The van der Waals surface area contributed by atoms with Gasteiger partial charge in [0.25, 0.3) is 0 Å². The number of benzene rings is 1. The molecule has 0 atom stereocenters. The summed E-state index contributed by atoms with van der Waals surface area (Å²) in [5, 5.41) is 0. The highest BCUT2D eigenvalue weighted by molar-refractivity contribution is 5.33. The maximum absolute atomic E-state index is 5.97. The largest absolute Gasteiger partial charge is 0.492 e. The number of aryl methyl sites for hydroxylation is 1. The van der Waals surface area contributed by atoms with Crippen LogP contribution in [0, 0.1) is 0 Å². The fraction of sp³-hybridized carbons (Fsp3) is 0.647. The van der Waals surface area contributed by atoms with E-state index in [0.29, 0.717) is 0 Å². The minimum absolute atomic E-state index is 0.770. The van der Waals surface area contributed by atoms with E-state index in [-0.39, 0.29) is 0 Å². The second-order valence-electron chi connectivity index (χ2n) is 5.39. The van der Waals surface area contributed by atoms with Gasteiger partial charge in [-0.1, -0.05) is 32.0 Å². The Morgan fingerprint density at radius 2 is 1.70 bits per heavy atom. The molecule has 114 valence electrons. The van der Waals surface area contributed by atoms with E-state index in [1.807, 2.05) is 0 Å². The highest BCUT2D eigenvalue weighted by Crippen LogP contribution is 2.19. The van der Waals surface area contributed by atoms with Crippen LogP contribution in [0.15, 0.2) is 24.3 Å². The maximum atomic E-state index is 5.97. The minimum atomic E-state index is 0.770. The number of nitrogens with zero attached hydrogens (tertiary/aromatic N) is 2. The van der Waals surface area contributed by atoms with Crippen molar-refractivity contribution < 1.29 is 4.74 Å². The lowest BCUT2D eigenvalue weighted by Crippen LogP contribution is -2.28. The summed E-state index contributed by atoms with van der Waals surface area (Å²) in [6, 6.07) is 8.43. The van der Waals surface area contributed by atoms with Crippen molar-refractivity contribution in [1.82, 2.24) is 9.80 Å². The lowest BCUT2D eigenvalue weighted by Gasteiger charge is -2.19. The van der Waals surface area contributed by atoms with Crippen molar-refractivity contribution in [2.75, 3.05) is 46.9 Å². The first-order valence-corrected chi connectivity index (χ1v) is 7.75. The summed E-state index contributed by atoms with van der Waals surface area (Å²) in [6.45, 7) is 9.45. The third kappa shape index (κ3) is 6.40. The molecule has 3 nitrogen and oxygen atoms in total. The standard InChI is InChI=1S/C17H30N2O/c1-5-19(6-2)14-15-20-17-12-8-7-10-16(17)11-9-13-18(3)4/h7-8,10,12H,5-6,9,11,13-15H2,1-4H3. The van der Waals surface area contributed by atoms with Crippen LogP contribution in [0.1, 0.15) is 25.8 Å². The highest BCUT2D eigenvalue weighted by Gasteiger charge is 2.04. The Kier molecular flexibility index (Phi) is 8.31. The van der Waals surface area contributed by atoms with Crippen LogP contribution in [0.25, 0.3) is 0 Å². The van der Waals surface area contributed by atoms with Crippen molar-refractivity contribution in [3.8, 4) is 5.75 Å². The van der Waals surface area contributed by atoms with Gasteiger partial charge >= 0.3 is 0 Å². The van der Waals surface area contributed by atoms with E-state index in [4.69, 9.17) is 4.74 Å². The summed E-state index contributed by atoms with van der Waals surface area (Å²) < 4.78 is 5.97. The fourth-order valence-corrected chi connectivity index (χ4v) is 2.26. The second-order valence-corrected chi connectivity index (χ2v) is 5.39. The first-order chi connectivity index (χ1) is 9.67. The zero-order valence-electron chi connectivity index (χ0n) is 13.6. The molecule has 0 saturated heterocycles. The van der Waals surface area contributed by atoms with E-state index in [0.717, 1.165) is 45.0 Å². The molecule has 0 spiro atoms. The molecule has 1 rings (SSSR count). The Morgan fingerprint density at radius 1 is 1.00 bits per heavy atom. The Morgan fingerprint density at radius 3 is 2.35 bits per heavy atom. The van der Waals surface area contributed by atoms with Crippen LogP contribution in [0.2, 0.25) is 0 Å². The van der Waals surface area contributed by atoms with Crippen molar-refractivity contribution in [1.29, 1.82) is 0 Å². The minimum Gasteiger partial charge on any atom is -0.492 e. The average Bonchev–Trinajstić information content (AvgIpc) is 2.45. The van der Waals surface area contributed by atoms with Gasteiger partial charge in [0.2, 0.25) is 0 Å². The molecule has 0 radical (unpaired) electrons. The third-order valence-electron chi connectivity index (χ3n) is 3.58. The summed E-state index contributed by atoms with van der Waals surface area (Å²) in [5.74, 6) is 1.05. The predicted molar refractivity (Wildman–Crippen MR) is 86.6 cm³/mol. The van der Waals surface area contributed by atoms with E-state index in [1.54, 1.807) is 0 Å². The first kappa shape index (κ1) is 17.0. The topological polar surface area (TPSA) is 15.7 Å². The van der Waals surface area contributed by atoms with Crippen LogP contribution < -0.4 is 4.74 Å². The van der Waals surface area contributed by atoms with Gasteiger partial charge in [0, 0.05) is 6.54 Å². The number of ether oxygens (including phenoxy) is 1. The normalized spacial score (nSPS) is 11.3. The van der Waals surface area contributed by atoms with Gasteiger partial charge in [-0.05, 0) is 58.2 Å². The van der Waals surface area contributed by atoms with E-state index in [1.165, 1.54) is 12.0 Å². The molecule has 20 heavy (non-hydrogen) atoms. The lowest BCUT2D eigenvalue weighted by atomic mass is 10.1. The monoisotopic (exact) mass is 278 g/mol. The fourth-order valence-electron chi connectivity index (χ4n) is 2.26. The van der Waals surface area contributed by atoms with Gasteiger partial charge in [0.05, 0.1) is 0 Å². The quantitative estimate of drug-likeness (QED) is 0.654. The van der Waals surface area contributed by atoms with E-state index in [9.17, 15) is 0 Å². The molecule has 0 aliphatic carbocycles. The van der Waals surface area contributed by atoms with Crippen molar-refractivity contribution >= 4 is 0 Å². The summed E-state index contributed by atoms with van der Waals surface area (Å²) in [6.07, 6.45) is 2.25. The molecule has 1 aromatic carbocycles. The molecule has 1 aromatic rings. The molecule has 0 N–H and O–H groups in total.